The number of amides is 1. The first-order chi connectivity index (χ1) is 12.0. The molecule has 2 aromatic rings. The summed E-state index contributed by atoms with van der Waals surface area (Å²) in [7, 11) is 1.49. The van der Waals surface area contributed by atoms with Crippen molar-refractivity contribution in [3.8, 4) is 0 Å². The number of rotatable bonds is 8. The highest BCUT2D eigenvalue weighted by atomic mass is 16.6. The van der Waals surface area contributed by atoms with E-state index in [0.29, 0.717) is 12.2 Å². The SMILES string of the molecule is CCCNc1ccc(CNc2ccc(C(=O)NC)cc2[N+](=O)[O-])cc1. The van der Waals surface area contributed by atoms with Gasteiger partial charge in [-0.1, -0.05) is 19.1 Å². The molecule has 0 fully saturated rings. The highest BCUT2D eigenvalue weighted by molar-refractivity contribution is 5.95. The van der Waals surface area contributed by atoms with Gasteiger partial charge in [0.05, 0.1) is 4.92 Å². The van der Waals surface area contributed by atoms with Gasteiger partial charge in [0.1, 0.15) is 5.69 Å². The van der Waals surface area contributed by atoms with Crippen molar-refractivity contribution in [2.45, 2.75) is 19.9 Å². The lowest BCUT2D eigenvalue weighted by Crippen LogP contribution is -2.18. The van der Waals surface area contributed by atoms with Crippen LogP contribution in [0.2, 0.25) is 0 Å². The first-order valence-electron chi connectivity index (χ1n) is 8.12. The normalized spacial score (nSPS) is 10.2. The first-order valence-corrected chi connectivity index (χ1v) is 8.12. The molecule has 2 aromatic carbocycles. The Morgan fingerprint density at radius 2 is 1.84 bits per heavy atom. The maximum atomic E-state index is 11.6. The van der Waals surface area contributed by atoms with E-state index in [4.69, 9.17) is 0 Å². The van der Waals surface area contributed by atoms with E-state index in [2.05, 4.69) is 22.9 Å². The lowest BCUT2D eigenvalue weighted by molar-refractivity contribution is -0.384. The zero-order valence-electron chi connectivity index (χ0n) is 14.3. The molecule has 0 aliphatic heterocycles. The number of hydrogen-bond donors (Lipinski definition) is 3. The Balaban J connectivity index is 2.09. The van der Waals surface area contributed by atoms with Crippen LogP contribution in [0.25, 0.3) is 0 Å². The third kappa shape index (κ3) is 4.94. The molecule has 0 saturated heterocycles. The number of hydrogen-bond acceptors (Lipinski definition) is 5. The predicted molar refractivity (Wildman–Crippen MR) is 99.0 cm³/mol. The van der Waals surface area contributed by atoms with Gasteiger partial charge in [0.2, 0.25) is 0 Å². The van der Waals surface area contributed by atoms with Gasteiger partial charge in [0.15, 0.2) is 0 Å². The number of nitro groups is 1. The minimum atomic E-state index is -0.494. The van der Waals surface area contributed by atoms with Gasteiger partial charge >= 0.3 is 0 Å². The second-order valence-electron chi connectivity index (χ2n) is 5.55. The zero-order chi connectivity index (χ0) is 18.2. The molecule has 132 valence electrons. The van der Waals surface area contributed by atoms with Crippen molar-refractivity contribution in [2.24, 2.45) is 0 Å². The summed E-state index contributed by atoms with van der Waals surface area (Å²) in [6.45, 7) is 3.48. The van der Waals surface area contributed by atoms with E-state index in [1.165, 1.54) is 13.1 Å². The number of carbonyl (C=O) groups is 1. The van der Waals surface area contributed by atoms with Crippen LogP contribution in [-0.2, 0) is 6.54 Å². The monoisotopic (exact) mass is 342 g/mol. The van der Waals surface area contributed by atoms with Crippen molar-refractivity contribution in [1.29, 1.82) is 0 Å². The fraction of sp³-hybridized carbons (Fsp3) is 0.278. The molecule has 0 aliphatic carbocycles. The average molecular weight is 342 g/mol. The summed E-state index contributed by atoms with van der Waals surface area (Å²) in [4.78, 5) is 22.4. The predicted octanol–water partition coefficient (Wildman–Crippen LogP) is 3.39. The van der Waals surface area contributed by atoms with Gasteiger partial charge in [-0.3, -0.25) is 14.9 Å². The molecule has 3 N–H and O–H groups in total. The molecule has 0 bridgehead atoms. The number of benzene rings is 2. The molecule has 1 amide bonds. The van der Waals surface area contributed by atoms with E-state index in [1.54, 1.807) is 12.1 Å². The lowest BCUT2D eigenvalue weighted by Gasteiger charge is -2.10. The van der Waals surface area contributed by atoms with Gasteiger partial charge in [-0.05, 0) is 36.2 Å². The Kier molecular flexibility index (Phi) is 6.33. The Labute approximate surface area is 146 Å². The summed E-state index contributed by atoms with van der Waals surface area (Å²) >= 11 is 0. The van der Waals surface area contributed by atoms with E-state index in [0.717, 1.165) is 24.2 Å². The molecule has 0 aliphatic rings. The van der Waals surface area contributed by atoms with Gasteiger partial charge in [-0.2, -0.15) is 0 Å². The molecule has 0 heterocycles. The Bertz CT molecular complexity index is 744. The van der Waals surface area contributed by atoms with Crippen molar-refractivity contribution in [3.63, 3.8) is 0 Å². The third-order valence-corrected chi connectivity index (χ3v) is 3.70. The molecule has 0 radical (unpaired) electrons. The Hall–Kier alpha value is -3.09. The second kappa shape index (κ2) is 8.68. The topological polar surface area (TPSA) is 96.3 Å². The van der Waals surface area contributed by atoms with Crippen molar-refractivity contribution in [3.05, 3.63) is 63.7 Å². The zero-order valence-corrected chi connectivity index (χ0v) is 14.3. The highest BCUT2D eigenvalue weighted by Gasteiger charge is 2.16. The van der Waals surface area contributed by atoms with Crippen LogP contribution in [0.3, 0.4) is 0 Å². The first kappa shape index (κ1) is 18.3. The number of nitrogens with zero attached hydrogens (tertiary/aromatic N) is 1. The fourth-order valence-electron chi connectivity index (χ4n) is 2.32. The molecule has 0 atom stereocenters. The molecule has 7 nitrogen and oxygen atoms in total. The maximum Gasteiger partial charge on any atom is 0.293 e. The van der Waals surface area contributed by atoms with Crippen LogP contribution in [-0.4, -0.2) is 24.4 Å². The molecular formula is C18H22N4O3. The largest absolute Gasteiger partial charge is 0.385 e. The molecule has 7 heteroatoms. The van der Waals surface area contributed by atoms with E-state index < -0.39 is 4.92 Å². The summed E-state index contributed by atoms with van der Waals surface area (Å²) in [6.07, 6.45) is 1.05. The number of anilines is 2. The average Bonchev–Trinajstić information content (AvgIpc) is 2.64. The summed E-state index contributed by atoms with van der Waals surface area (Å²) in [5, 5.41) is 20.1. The van der Waals surface area contributed by atoms with Crippen LogP contribution >= 0.6 is 0 Å². The van der Waals surface area contributed by atoms with Crippen LogP contribution in [0, 0.1) is 10.1 Å². The fourth-order valence-corrected chi connectivity index (χ4v) is 2.32. The van der Waals surface area contributed by atoms with Gasteiger partial charge in [-0.25, -0.2) is 0 Å². The minimum absolute atomic E-state index is 0.123. The van der Waals surface area contributed by atoms with Crippen molar-refractivity contribution in [1.82, 2.24) is 5.32 Å². The quantitative estimate of drug-likeness (QED) is 0.505. The minimum Gasteiger partial charge on any atom is -0.385 e. The third-order valence-electron chi connectivity index (χ3n) is 3.70. The van der Waals surface area contributed by atoms with Crippen LogP contribution in [0.5, 0.6) is 0 Å². The Morgan fingerprint density at radius 1 is 1.12 bits per heavy atom. The molecule has 0 aromatic heterocycles. The summed E-state index contributed by atoms with van der Waals surface area (Å²) in [5.74, 6) is -0.357. The Morgan fingerprint density at radius 3 is 2.44 bits per heavy atom. The smallest absolute Gasteiger partial charge is 0.293 e. The van der Waals surface area contributed by atoms with Gasteiger partial charge in [-0.15, -0.1) is 0 Å². The van der Waals surface area contributed by atoms with Crippen LogP contribution < -0.4 is 16.0 Å². The highest BCUT2D eigenvalue weighted by Crippen LogP contribution is 2.26. The number of carbonyl (C=O) groups excluding carboxylic acids is 1. The van der Waals surface area contributed by atoms with Gasteiger partial charge in [0.25, 0.3) is 11.6 Å². The van der Waals surface area contributed by atoms with E-state index in [9.17, 15) is 14.9 Å². The molecule has 0 saturated carbocycles. The van der Waals surface area contributed by atoms with E-state index in [1.807, 2.05) is 24.3 Å². The number of nitro benzene ring substituents is 1. The van der Waals surface area contributed by atoms with Crippen molar-refractivity contribution in [2.75, 3.05) is 24.2 Å². The molecular weight excluding hydrogens is 320 g/mol. The standard InChI is InChI=1S/C18H22N4O3/c1-3-10-20-15-7-4-13(5-8-15)12-21-16-9-6-14(18(23)19-2)11-17(16)22(24)25/h4-9,11,20-21H,3,10,12H2,1-2H3,(H,19,23). The summed E-state index contributed by atoms with van der Waals surface area (Å²) in [6, 6.07) is 12.3. The van der Waals surface area contributed by atoms with Gasteiger partial charge in [0, 0.05) is 37.5 Å². The van der Waals surface area contributed by atoms with Crippen molar-refractivity contribution >= 4 is 23.0 Å². The van der Waals surface area contributed by atoms with Crippen molar-refractivity contribution < 1.29 is 9.72 Å². The molecule has 0 spiro atoms. The molecule has 25 heavy (non-hydrogen) atoms. The van der Waals surface area contributed by atoms with E-state index in [-0.39, 0.29) is 17.2 Å². The lowest BCUT2D eigenvalue weighted by atomic mass is 10.1. The summed E-state index contributed by atoms with van der Waals surface area (Å²) in [5.41, 5.74) is 2.57. The van der Waals surface area contributed by atoms with Crippen LogP contribution in [0.1, 0.15) is 29.3 Å². The maximum absolute atomic E-state index is 11.6. The molecule has 0 unspecified atom stereocenters. The summed E-state index contributed by atoms with van der Waals surface area (Å²) < 4.78 is 0. The van der Waals surface area contributed by atoms with Crippen LogP contribution in [0.15, 0.2) is 42.5 Å². The number of nitrogens with one attached hydrogen (secondary N) is 3. The van der Waals surface area contributed by atoms with Crippen LogP contribution in [0.4, 0.5) is 17.1 Å². The molecule has 2 rings (SSSR count). The van der Waals surface area contributed by atoms with E-state index >= 15 is 0 Å². The second-order valence-corrected chi connectivity index (χ2v) is 5.55. The van der Waals surface area contributed by atoms with Gasteiger partial charge < -0.3 is 16.0 Å².